The molecular formula is C14H14Cl3NOS. The van der Waals surface area contributed by atoms with Crippen LogP contribution >= 0.6 is 46.6 Å². The molecule has 0 saturated heterocycles. The fourth-order valence-corrected chi connectivity index (χ4v) is 4.47. The van der Waals surface area contributed by atoms with E-state index in [0.29, 0.717) is 11.4 Å². The average Bonchev–Trinajstić information content (AvgIpc) is 2.91. The molecule has 0 spiro atoms. The minimum Gasteiger partial charge on any atom is -0.349 e. The number of amides is 1. The molecule has 0 aromatic heterocycles. The lowest BCUT2D eigenvalue weighted by molar-refractivity contribution is -0.126. The van der Waals surface area contributed by atoms with Crippen molar-refractivity contribution in [3.63, 3.8) is 0 Å². The molecule has 108 valence electrons. The maximum absolute atomic E-state index is 12.4. The zero-order chi connectivity index (χ0) is 14.5. The largest absolute Gasteiger partial charge is 0.349 e. The molecule has 0 radical (unpaired) electrons. The standard InChI is InChI=1S/C14H14Cl3NOS/c1-13(7-14(13,16)17)12(19)18-10-4-5-20-11-3-2-8(15)6-9(10)11/h2-3,6,10H,4-5,7H2,1H3,(H,18,19)/t10-,13-/m1/s1. The first kappa shape index (κ1) is 14.8. The van der Waals surface area contributed by atoms with E-state index in [0.717, 1.165) is 17.7 Å². The highest BCUT2D eigenvalue weighted by atomic mass is 35.5. The second kappa shape index (κ2) is 4.98. The van der Waals surface area contributed by atoms with E-state index < -0.39 is 9.75 Å². The highest BCUT2D eigenvalue weighted by Gasteiger charge is 2.68. The summed E-state index contributed by atoms with van der Waals surface area (Å²) < 4.78 is -0.933. The van der Waals surface area contributed by atoms with E-state index >= 15 is 0 Å². The molecule has 1 fully saturated rings. The van der Waals surface area contributed by atoms with Crippen LogP contribution in [0.5, 0.6) is 0 Å². The Morgan fingerprint density at radius 1 is 1.45 bits per heavy atom. The van der Waals surface area contributed by atoms with E-state index in [4.69, 9.17) is 34.8 Å². The van der Waals surface area contributed by atoms with Gasteiger partial charge in [0, 0.05) is 15.7 Å². The number of fused-ring (bicyclic) bond motifs is 1. The van der Waals surface area contributed by atoms with E-state index in [1.165, 1.54) is 4.90 Å². The smallest absolute Gasteiger partial charge is 0.229 e. The second-order valence-electron chi connectivity index (χ2n) is 5.56. The Hall–Kier alpha value is -0.0900. The predicted molar refractivity (Wildman–Crippen MR) is 84.8 cm³/mol. The molecule has 1 heterocycles. The molecule has 20 heavy (non-hydrogen) atoms. The van der Waals surface area contributed by atoms with Crippen LogP contribution in [0.2, 0.25) is 5.02 Å². The molecule has 1 N–H and O–H groups in total. The highest BCUT2D eigenvalue weighted by molar-refractivity contribution is 7.99. The van der Waals surface area contributed by atoms with Crippen LogP contribution in [0.25, 0.3) is 0 Å². The maximum atomic E-state index is 12.4. The number of hydrogen-bond acceptors (Lipinski definition) is 2. The Morgan fingerprint density at radius 2 is 2.15 bits per heavy atom. The van der Waals surface area contributed by atoms with Crippen LogP contribution in [-0.2, 0) is 4.79 Å². The molecular weight excluding hydrogens is 337 g/mol. The summed E-state index contributed by atoms with van der Waals surface area (Å²) in [6.07, 6.45) is 1.39. The summed E-state index contributed by atoms with van der Waals surface area (Å²) in [5.41, 5.74) is 0.403. The molecule has 1 aliphatic heterocycles. The highest BCUT2D eigenvalue weighted by Crippen LogP contribution is 2.64. The van der Waals surface area contributed by atoms with Crippen molar-refractivity contribution >= 4 is 52.5 Å². The molecule has 1 aromatic carbocycles. The van der Waals surface area contributed by atoms with E-state index in [1.54, 1.807) is 18.7 Å². The molecule has 1 saturated carbocycles. The van der Waals surface area contributed by atoms with Gasteiger partial charge in [0.1, 0.15) is 4.33 Å². The third-order valence-electron chi connectivity index (χ3n) is 4.08. The molecule has 0 unspecified atom stereocenters. The van der Waals surface area contributed by atoms with Gasteiger partial charge in [-0.2, -0.15) is 0 Å². The summed E-state index contributed by atoms with van der Waals surface area (Å²) in [5, 5.41) is 3.77. The van der Waals surface area contributed by atoms with E-state index in [9.17, 15) is 4.79 Å². The van der Waals surface area contributed by atoms with Crippen molar-refractivity contribution in [2.75, 3.05) is 5.75 Å². The molecule has 1 amide bonds. The van der Waals surface area contributed by atoms with Crippen LogP contribution < -0.4 is 5.32 Å². The van der Waals surface area contributed by atoms with Crippen LogP contribution in [0.4, 0.5) is 0 Å². The summed E-state index contributed by atoms with van der Waals surface area (Å²) in [6.45, 7) is 1.80. The predicted octanol–water partition coefficient (Wildman–Crippen LogP) is 4.58. The maximum Gasteiger partial charge on any atom is 0.229 e. The van der Waals surface area contributed by atoms with Crippen molar-refractivity contribution < 1.29 is 4.79 Å². The van der Waals surface area contributed by atoms with Crippen LogP contribution in [0.15, 0.2) is 23.1 Å². The fourth-order valence-electron chi connectivity index (χ4n) is 2.48. The van der Waals surface area contributed by atoms with Gasteiger partial charge >= 0.3 is 0 Å². The van der Waals surface area contributed by atoms with Crippen LogP contribution in [0.1, 0.15) is 31.4 Å². The van der Waals surface area contributed by atoms with Crippen molar-refractivity contribution in [3.8, 4) is 0 Å². The van der Waals surface area contributed by atoms with Crippen molar-refractivity contribution in [3.05, 3.63) is 28.8 Å². The molecule has 0 bridgehead atoms. The Morgan fingerprint density at radius 3 is 2.80 bits per heavy atom. The van der Waals surface area contributed by atoms with Gasteiger partial charge in [-0.1, -0.05) is 11.6 Å². The number of carbonyl (C=O) groups is 1. The minimum atomic E-state index is -0.933. The first-order chi connectivity index (χ1) is 9.33. The van der Waals surface area contributed by atoms with Gasteiger partial charge in [0.15, 0.2) is 0 Å². The number of carbonyl (C=O) groups excluding carboxylic acids is 1. The molecule has 6 heteroatoms. The van der Waals surface area contributed by atoms with Gasteiger partial charge in [-0.05, 0) is 43.5 Å². The van der Waals surface area contributed by atoms with E-state index in [-0.39, 0.29) is 11.9 Å². The summed E-state index contributed by atoms with van der Waals surface area (Å²) in [5.74, 6) is 0.897. The first-order valence-electron chi connectivity index (χ1n) is 6.44. The zero-order valence-electron chi connectivity index (χ0n) is 10.9. The minimum absolute atomic E-state index is 0.0148. The zero-order valence-corrected chi connectivity index (χ0v) is 14.0. The van der Waals surface area contributed by atoms with Gasteiger partial charge < -0.3 is 5.32 Å². The fraction of sp³-hybridized carbons (Fsp3) is 0.500. The second-order valence-corrected chi connectivity index (χ2v) is 8.62. The first-order valence-corrected chi connectivity index (χ1v) is 8.56. The molecule has 1 aliphatic carbocycles. The Kier molecular flexibility index (Phi) is 3.69. The summed E-state index contributed by atoms with van der Waals surface area (Å²) in [7, 11) is 0. The number of thioether (sulfide) groups is 1. The number of halogens is 3. The average molecular weight is 351 g/mol. The van der Waals surface area contributed by atoms with E-state index in [2.05, 4.69) is 5.32 Å². The van der Waals surface area contributed by atoms with Crippen molar-refractivity contribution in [1.82, 2.24) is 5.32 Å². The van der Waals surface area contributed by atoms with Crippen LogP contribution in [0.3, 0.4) is 0 Å². The molecule has 3 rings (SSSR count). The molecule has 2 nitrogen and oxygen atoms in total. The van der Waals surface area contributed by atoms with Crippen molar-refractivity contribution in [2.24, 2.45) is 5.41 Å². The van der Waals surface area contributed by atoms with E-state index in [1.807, 2.05) is 18.2 Å². The molecule has 2 aliphatic rings. The molecule has 1 aromatic rings. The Balaban J connectivity index is 1.80. The Labute approximate surface area is 137 Å². The summed E-state index contributed by atoms with van der Waals surface area (Å²) >= 11 is 20.0. The van der Waals surface area contributed by atoms with Gasteiger partial charge in [-0.3, -0.25) is 4.79 Å². The third-order valence-corrected chi connectivity index (χ3v) is 6.53. The summed E-state index contributed by atoms with van der Waals surface area (Å²) in [4.78, 5) is 13.6. The summed E-state index contributed by atoms with van der Waals surface area (Å²) in [6, 6.07) is 5.80. The lowest BCUT2D eigenvalue weighted by Gasteiger charge is -2.27. The van der Waals surface area contributed by atoms with Gasteiger partial charge in [0.2, 0.25) is 5.91 Å². The number of hydrogen-bond donors (Lipinski definition) is 1. The monoisotopic (exact) mass is 349 g/mol. The van der Waals surface area contributed by atoms with Gasteiger partial charge in [-0.25, -0.2) is 0 Å². The number of alkyl halides is 2. The normalized spacial score (nSPS) is 30.5. The Bertz CT molecular complexity index is 578. The van der Waals surface area contributed by atoms with Crippen LogP contribution in [-0.4, -0.2) is 16.0 Å². The lowest BCUT2D eigenvalue weighted by Crippen LogP contribution is -2.37. The number of nitrogens with one attached hydrogen (secondary N) is 1. The van der Waals surface area contributed by atoms with Crippen molar-refractivity contribution in [2.45, 2.75) is 35.0 Å². The van der Waals surface area contributed by atoms with Gasteiger partial charge in [0.05, 0.1) is 11.5 Å². The SMILES string of the molecule is C[C@]1(C(=O)N[C@@H]2CCSc3ccc(Cl)cc32)CC1(Cl)Cl. The third kappa shape index (κ3) is 2.43. The number of rotatable bonds is 2. The van der Waals surface area contributed by atoms with Crippen LogP contribution in [0, 0.1) is 5.41 Å². The number of benzene rings is 1. The van der Waals surface area contributed by atoms with Crippen molar-refractivity contribution in [1.29, 1.82) is 0 Å². The quantitative estimate of drug-likeness (QED) is 0.791. The van der Waals surface area contributed by atoms with Gasteiger partial charge in [0.25, 0.3) is 0 Å². The van der Waals surface area contributed by atoms with Gasteiger partial charge in [-0.15, -0.1) is 35.0 Å². The topological polar surface area (TPSA) is 29.1 Å². The lowest BCUT2D eigenvalue weighted by atomic mass is 10.0. The molecule has 2 atom stereocenters.